The van der Waals surface area contributed by atoms with Gasteiger partial charge in [0.15, 0.2) is 0 Å². The summed E-state index contributed by atoms with van der Waals surface area (Å²) in [5.41, 5.74) is 2.43. The van der Waals surface area contributed by atoms with Crippen molar-refractivity contribution in [2.45, 2.75) is 6.42 Å². The summed E-state index contributed by atoms with van der Waals surface area (Å²) in [6.07, 6.45) is 5.68. The largest absolute Gasteiger partial charge is 0.326 e. The number of amides is 1. The van der Waals surface area contributed by atoms with Gasteiger partial charge < -0.3 is 5.32 Å². The fourth-order valence-electron chi connectivity index (χ4n) is 1.71. The molecule has 2 aromatic carbocycles. The molecule has 1 N–H and O–H groups in total. The number of hydrogen-bond donors (Lipinski definition) is 1. The predicted molar refractivity (Wildman–Crippen MR) is 73.2 cm³/mol. The molecule has 0 heterocycles. The molecule has 2 nitrogen and oxygen atoms in total. The monoisotopic (exact) mass is 235 g/mol. The molecule has 0 radical (unpaired) electrons. The molecule has 0 fully saturated rings. The zero-order chi connectivity index (χ0) is 12.8. The number of benzene rings is 2. The average molecular weight is 235 g/mol. The van der Waals surface area contributed by atoms with Crippen molar-refractivity contribution in [2.24, 2.45) is 0 Å². The molecule has 2 heteroatoms. The zero-order valence-electron chi connectivity index (χ0n) is 9.89. The normalized spacial score (nSPS) is 9.50. The van der Waals surface area contributed by atoms with Gasteiger partial charge >= 0.3 is 0 Å². The highest BCUT2D eigenvalue weighted by molar-refractivity contribution is 5.92. The Morgan fingerprint density at radius 1 is 1.06 bits per heavy atom. The van der Waals surface area contributed by atoms with Crippen LogP contribution in [0.3, 0.4) is 0 Å². The van der Waals surface area contributed by atoms with Gasteiger partial charge in [0, 0.05) is 11.3 Å². The number of carbonyl (C=O) groups excluding carboxylic acids is 1. The first-order chi connectivity index (χ1) is 8.79. The van der Waals surface area contributed by atoms with Crippen LogP contribution in [0.4, 0.5) is 5.69 Å². The van der Waals surface area contributed by atoms with Crippen LogP contribution >= 0.6 is 0 Å². The molecule has 0 bridgehead atoms. The van der Waals surface area contributed by atoms with Crippen LogP contribution in [0, 0.1) is 12.3 Å². The van der Waals surface area contributed by atoms with Crippen molar-refractivity contribution in [3.8, 4) is 12.3 Å². The molecular formula is C16H13NO. The molecule has 1 amide bonds. The zero-order valence-corrected chi connectivity index (χ0v) is 9.89. The van der Waals surface area contributed by atoms with E-state index in [1.807, 2.05) is 54.6 Å². The highest BCUT2D eigenvalue weighted by Crippen LogP contribution is 2.10. The second kappa shape index (κ2) is 5.70. The van der Waals surface area contributed by atoms with Crippen LogP contribution in [0.25, 0.3) is 0 Å². The van der Waals surface area contributed by atoms with Gasteiger partial charge in [-0.15, -0.1) is 6.42 Å². The maximum atomic E-state index is 11.9. The third-order valence-corrected chi connectivity index (χ3v) is 2.58. The Morgan fingerprint density at radius 3 is 2.44 bits per heavy atom. The second-order valence-corrected chi connectivity index (χ2v) is 3.89. The maximum absolute atomic E-state index is 11.9. The highest BCUT2D eigenvalue weighted by Gasteiger charge is 2.06. The van der Waals surface area contributed by atoms with Crippen molar-refractivity contribution in [1.82, 2.24) is 0 Å². The molecule has 0 aliphatic carbocycles. The molecule has 0 aliphatic heterocycles. The number of para-hydroxylation sites is 1. The molecule has 18 heavy (non-hydrogen) atoms. The van der Waals surface area contributed by atoms with Gasteiger partial charge in [0.25, 0.3) is 0 Å². The number of hydrogen-bond acceptors (Lipinski definition) is 1. The van der Waals surface area contributed by atoms with E-state index in [-0.39, 0.29) is 12.3 Å². The Kier molecular flexibility index (Phi) is 3.78. The van der Waals surface area contributed by atoms with Crippen LogP contribution in [-0.2, 0) is 11.2 Å². The van der Waals surface area contributed by atoms with E-state index < -0.39 is 0 Å². The van der Waals surface area contributed by atoms with E-state index in [9.17, 15) is 4.79 Å². The van der Waals surface area contributed by atoms with Crippen molar-refractivity contribution in [1.29, 1.82) is 0 Å². The second-order valence-electron chi connectivity index (χ2n) is 3.89. The molecule has 88 valence electrons. The Morgan fingerprint density at radius 2 is 1.72 bits per heavy atom. The Balaban J connectivity index is 2.06. The lowest BCUT2D eigenvalue weighted by atomic mass is 10.0. The van der Waals surface area contributed by atoms with E-state index in [0.717, 1.165) is 16.8 Å². The molecule has 0 atom stereocenters. The first-order valence-electron chi connectivity index (χ1n) is 5.69. The summed E-state index contributed by atoms with van der Waals surface area (Å²) in [6.45, 7) is 0. The minimum Gasteiger partial charge on any atom is -0.326 e. The van der Waals surface area contributed by atoms with Crippen LogP contribution in [0.5, 0.6) is 0 Å². The van der Waals surface area contributed by atoms with Crippen molar-refractivity contribution in [3.63, 3.8) is 0 Å². The molecule has 0 saturated carbocycles. The summed E-state index contributed by atoms with van der Waals surface area (Å²) >= 11 is 0. The molecule has 0 spiro atoms. The molecule has 0 aromatic heterocycles. The Labute approximate surface area is 107 Å². The van der Waals surface area contributed by atoms with Crippen molar-refractivity contribution in [3.05, 3.63) is 65.7 Å². The first kappa shape index (κ1) is 11.9. The number of rotatable bonds is 3. The topological polar surface area (TPSA) is 29.1 Å². The summed E-state index contributed by atoms with van der Waals surface area (Å²) in [7, 11) is 0. The van der Waals surface area contributed by atoms with E-state index in [1.165, 1.54) is 0 Å². The molecular weight excluding hydrogens is 222 g/mol. The summed E-state index contributed by atoms with van der Waals surface area (Å²) in [6, 6.07) is 16.8. The summed E-state index contributed by atoms with van der Waals surface area (Å²) < 4.78 is 0. The van der Waals surface area contributed by atoms with Crippen molar-refractivity contribution >= 4 is 11.6 Å². The summed E-state index contributed by atoms with van der Waals surface area (Å²) in [5.74, 6) is 2.52. The van der Waals surface area contributed by atoms with Crippen LogP contribution in [-0.4, -0.2) is 5.91 Å². The summed E-state index contributed by atoms with van der Waals surface area (Å²) in [4.78, 5) is 11.9. The van der Waals surface area contributed by atoms with Gasteiger partial charge in [-0.05, 0) is 23.8 Å². The van der Waals surface area contributed by atoms with E-state index in [1.54, 1.807) is 0 Å². The fraction of sp³-hybridized carbons (Fsp3) is 0.0625. The molecule has 2 aromatic rings. The van der Waals surface area contributed by atoms with Gasteiger partial charge in [0.1, 0.15) is 0 Å². The van der Waals surface area contributed by atoms with E-state index >= 15 is 0 Å². The van der Waals surface area contributed by atoms with Gasteiger partial charge in [-0.25, -0.2) is 0 Å². The van der Waals surface area contributed by atoms with Crippen LogP contribution in [0.1, 0.15) is 11.1 Å². The van der Waals surface area contributed by atoms with Gasteiger partial charge in [0.2, 0.25) is 5.91 Å². The first-order valence-corrected chi connectivity index (χ1v) is 5.69. The Hall–Kier alpha value is -2.53. The fourth-order valence-corrected chi connectivity index (χ4v) is 1.71. The third-order valence-electron chi connectivity index (χ3n) is 2.58. The number of carbonyl (C=O) groups is 1. The Bertz CT molecular complexity index is 582. The van der Waals surface area contributed by atoms with Crippen LogP contribution in [0.2, 0.25) is 0 Å². The average Bonchev–Trinajstić information content (AvgIpc) is 2.40. The number of nitrogens with one attached hydrogen (secondary N) is 1. The quantitative estimate of drug-likeness (QED) is 0.814. The minimum atomic E-state index is -0.0658. The summed E-state index contributed by atoms with van der Waals surface area (Å²) in [5, 5.41) is 2.83. The lowest BCUT2D eigenvalue weighted by molar-refractivity contribution is -0.115. The standard InChI is InChI=1S/C16H13NO/c1-2-13-8-6-7-9-14(13)12-16(18)17-15-10-4-3-5-11-15/h1,3-11H,12H2,(H,17,18). The van der Waals surface area contributed by atoms with Gasteiger partial charge in [0.05, 0.1) is 6.42 Å². The molecule has 2 rings (SSSR count). The molecule has 0 saturated heterocycles. The third kappa shape index (κ3) is 2.99. The van der Waals surface area contributed by atoms with E-state index in [2.05, 4.69) is 11.2 Å². The lowest BCUT2D eigenvalue weighted by Crippen LogP contribution is -2.14. The lowest BCUT2D eigenvalue weighted by Gasteiger charge is -2.06. The number of anilines is 1. The van der Waals surface area contributed by atoms with Gasteiger partial charge in [-0.3, -0.25) is 4.79 Å². The van der Waals surface area contributed by atoms with E-state index in [0.29, 0.717) is 0 Å². The van der Waals surface area contributed by atoms with Crippen molar-refractivity contribution < 1.29 is 4.79 Å². The minimum absolute atomic E-state index is 0.0658. The van der Waals surface area contributed by atoms with E-state index in [4.69, 9.17) is 6.42 Å². The maximum Gasteiger partial charge on any atom is 0.228 e. The van der Waals surface area contributed by atoms with Crippen molar-refractivity contribution in [2.75, 3.05) is 5.32 Å². The predicted octanol–water partition coefficient (Wildman–Crippen LogP) is 2.85. The molecule has 0 unspecified atom stereocenters. The van der Waals surface area contributed by atoms with Crippen LogP contribution < -0.4 is 5.32 Å². The van der Waals surface area contributed by atoms with Gasteiger partial charge in [-0.1, -0.05) is 42.3 Å². The SMILES string of the molecule is C#Cc1ccccc1CC(=O)Nc1ccccc1. The van der Waals surface area contributed by atoms with Gasteiger partial charge in [-0.2, -0.15) is 0 Å². The van der Waals surface area contributed by atoms with Crippen LogP contribution in [0.15, 0.2) is 54.6 Å². The smallest absolute Gasteiger partial charge is 0.228 e. The molecule has 0 aliphatic rings. The number of terminal acetylenes is 1. The highest BCUT2D eigenvalue weighted by atomic mass is 16.1.